The summed E-state index contributed by atoms with van der Waals surface area (Å²) in [7, 11) is 0. The summed E-state index contributed by atoms with van der Waals surface area (Å²) in [6.07, 6.45) is 1.92. The Balaban J connectivity index is 2.39. The Kier molecular flexibility index (Phi) is 5.84. The molecule has 1 aromatic heterocycles. The first-order chi connectivity index (χ1) is 7.63. The van der Waals surface area contributed by atoms with Crippen LogP contribution in [0.2, 0.25) is 0 Å². The van der Waals surface area contributed by atoms with Gasteiger partial charge in [-0.3, -0.25) is 0 Å². The summed E-state index contributed by atoms with van der Waals surface area (Å²) in [5.74, 6) is 3.94. The van der Waals surface area contributed by atoms with Crippen molar-refractivity contribution in [1.29, 1.82) is 0 Å². The van der Waals surface area contributed by atoms with Crippen molar-refractivity contribution in [1.82, 2.24) is 10.1 Å². The van der Waals surface area contributed by atoms with Gasteiger partial charge in [0.05, 0.1) is 11.8 Å². The maximum atomic E-state index is 5.89. The van der Waals surface area contributed by atoms with E-state index in [-0.39, 0.29) is 6.04 Å². The van der Waals surface area contributed by atoms with E-state index in [1.165, 1.54) is 0 Å². The number of thioether (sulfide) groups is 1. The van der Waals surface area contributed by atoms with Crippen LogP contribution in [0.3, 0.4) is 0 Å². The molecule has 0 fully saturated rings. The zero-order valence-corrected chi connectivity index (χ0v) is 11.1. The quantitative estimate of drug-likeness (QED) is 0.797. The summed E-state index contributed by atoms with van der Waals surface area (Å²) in [5.41, 5.74) is 5.89. The maximum absolute atomic E-state index is 5.89. The van der Waals surface area contributed by atoms with E-state index < -0.39 is 0 Å². The van der Waals surface area contributed by atoms with Crippen LogP contribution in [-0.2, 0) is 5.75 Å². The minimum atomic E-state index is -0.110. The van der Waals surface area contributed by atoms with Gasteiger partial charge >= 0.3 is 0 Å². The molecule has 0 aliphatic rings. The third kappa shape index (κ3) is 4.53. The van der Waals surface area contributed by atoms with Crippen LogP contribution in [-0.4, -0.2) is 15.9 Å². The predicted octanol–water partition coefficient (Wildman–Crippen LogP) is 2.76. The van der Waals surface area contributed by atoms with Crippen LogP contribution >= 0.6 is 11.8 Å². The smallest absolute Gasteiger partial charge is 0.243 e. The second kappa shape index (κ2) is 6.91. The van der Waals surface area contributed by atoms with E-state index in [2.05, 4.69) is 30.9 Å². The highest BCUT2D eigenvalue weighted by Crippen LogP contribution is 2.17. The number of aromatic nitrogens is 2. The second-order valence-electron chi connectivity index (χ2n) is 4.35. The molecular formula is C11H21N3OS. The Morgan fingerprint density at radius 3 is 2.81 bits per heavy atom. The molecule has 1 rings (SSSR count). The minimum Gasteiger partial charge on any atom is -0.338 e. The molecule has 0 unspecified atom stereocenters. The number of nitrogens with zero attached hydrogens (tertiary/aromatic N) is 2. The van der Waals surface area contributed by atoms with E-state index in [0.29, 0.717) is 11.8 Å². The Hall–Kier alpha value is -0.550. The van der Waals surface area contributed by atoms with E-state index in [9.17, 15) is 0 Å². The molecule has 0 aliphatic heterocycles. The van der Waals surface area contributed by atoms with Gasteiger partial charge < -0.3 is 10.3 Å². The summed E-state index contributed by atoms with van der Waals surface area (Å²) in [6.45, 7) is 6.49. The number of nitrogens with two attached hydrogens (primary N) is 1. The Morgan fingerprint density at radius 2 is 2.19 bits per heavy atom. The van der Waals surface area contributed by atoms with Gasteiger partial charge in [0.15, 0.2) is 5.82 Å². The third-order valence-electron chi connectivity index (χ3n) is 2.08. The Bertz CT molecular complexity index is 301. The van der Waals surface area contributed by atoms with Crippen LogP contribution < -0.4 is 5.73 Å². The molecule has 2 N–H and O–H groups in total. The molecule has 0 radical (unpaired) electrons. The summed E-state index contributed by atoms with van der Waals surface area (Å²) < 4.78 is 5.14. The molecule has 0 saturated heterocycles. The molecule has 0 bridgehead atoms. The molecule has 16 heavy (non-hydrogen) atoms. The van der Waals surface area contributed by atoms with E-state index in [1.54, 1.807) is 0 Å². The highest BCUT2D eigenvalue weighted by molar-refractivity contribution is 7.98. The highest BCUT2D eigenvalue weighted by atomic mass is 32.2. The molecule has 5 heteroatoms. The molecule has 1 atom stereocenters. The van der Waals surface area contributed by atoms with Crippen LogP contribution in [0.1, 0.15) is 51.4 Å². The SMILES string of the molecule is CCC[C@@H](N)c1nc(CSCC(C)C)no1. The lowest BCUT2D eigenvalue weighted by molar-refractivity contribution is 0.345. The van der Waals surface area contributed by atoms with Gasteiger partial charge in [0, 0.05) is 0 Å². The largest absolute Gasteiger partial charge is 0.338 e. The van der Waals surface area contributed by atoms with Gasteiger partial charge in [0.1, 0.15) is 0 Å². The fourth-order valence-electron chi connectivity index (χ4n) is 1.30. The summed E-state index contributed by atoms with van der Waals surface area (Å²) >= 11 is 1.83. The lowest BCUT2D eigenvalue weighted by Crippen LogP contribution is -2.10. The maximum Gasteiger partial charge on any atom is 0.243 e. The second-order valence-corrected chi connectivity index (χ2v) is 5.38. The van der Waals surface area contributed by atoms with Crippen LogP contribution in [0, 0.1) is 5.92 Å². The van der Waals surface area contributed by atoms with Crippen LogP contribution in [0.5, 0.6) is 0 Å². The lowest BCUT2D eigenvalue weighted by Gasteiger charge is -2.02. The Morgan fingerprint density at radius 1 is 1.44 bits per heavy atom. The Labute approximate surface area is 101 Å². The van der Waals surface area contributed by atoms with Gasteiger partial charge in [0.25, 0.3) is 0 Å². The molecule has 4 nitrogen and oxygen atoms in total. The van der Waals surface area contributed by atoms with Crippen molar-refractivity contribution in [2.24, 2.45) is 11.7 Å². The van der Waals surface area contributed by atoms with E-state index in [1.807, 2.05) is 11.8 Å². The van der Waals surface area contributed by atoms with Gasteiger partial charge in [-0.15, -0.1) is 0 Å². The first-order valence-electron chi connectivity index (χ1n) is 5.79. The molecule has 0 spiro atoms. The number of hydrogen-bond donors (Lipinski definition) is 1. The monoisotopic (exact) mass is 243 g/mol. The molecule has 1 heterocycles. The van der Waals surface area contributed by atoms with Gasteiger partial charge in [-0.1, -0.05) is 32.3 Å². The highest BCUT2D eigenvalue weighted by Gasteiger charge is 2.13. The standard InChI is InChI=1S/C11H21N3OS/c1-4-5-9(12)11-13-10(14-15-11)7-16-6-8(2)3/h8-9H,4-7,12H2,1-3H3/t9-/m1/s1. The van der Waals surface area contributed by atoms with Crippen molar-refractivity contribution < 1.29 is 4.52 Å². The number of rotatable bonds is 7. The lowest BCUT2D eigenvalue weighted by atomic mass is 10.2. The van der Waals surface area contributed by atoms with Crippen molar-refractivity contribution >= 4 is 11.8 Å². The van der Waals surface area contributed by atoms with Crippen molar-refractivity contribution in [3.8, 4) is 0 Å². The predicted molar refractivity (Wildman–Crippen MR) is 67.1 cm³/mol. The zero-order chi connectivity index (χ0) is 12.0. The summed E-state index contributed by atoms with van der Waals surface area (Å²) in [4.78, 5) is 4.30. The van der Waals surface area contributed by atoms with Gasteiger partial charge in [-0.05, 0) is 18.1 Å². The van der Waals surface area contributed by atoms with Gasteiger partial charge in [-0.25, -0.2) is 0 Å². The zero-order valence-electron chi connectivity index (χ0n) is 10.3. The van der Waals surface area contributed by atoms with Crippen LogP contribution in [0.25, 0.3) is 0 Å². The molecule has 0 amide bonds. The van der Waals surface area contributed by atoms with Crippen LogP contribution in [0.4, 0.5) is 0 Å². The topological polar surface area (TPSA) is 64.9 Å². The first kappa shape index (κ1) is 13.5. The molecule has 0 aromatic carbocycles. The van der Waals surface area contributed by atoms with Crippen molar-refractivity contribution in [2.75, 3.05) is 5.75 Å². The van der Waals surface area contributed by atoms with Crippen molar-refractivity contribution in [3.63, 3.8) is 0 Å². The molecule has 1 aromatic rings. The number of hydrogen-bond acceptors (Lipinski definition) is 5. The molecule has 0 saturated carbocycles. The fraction of sp³-hybridized carbons (Fsp3) is 0.818. The van der Waals surface area contributed by atoms with E-state index in [0.717, 1.165) is 30.2 Å². The van der Waals surface area contributed by atoms with Gasteiger partial charge in [0.2, 0.25) is 5.89 Å². The van der Waals surface area contributed by atoms with Crippen LogP contribution in [0.15, 0.2) is 4.52 Å². The van der Waals surface area contributed by atoms with Gasteiger partial charge in [-0.2, -0.15) is 16.7 Å². The third-order valence-corrected chi connectivity index (χ3v) is 3.45. The summed E-state index contributed by atoms with van der Waals surface area (Å²) in [5, 5.41) is 3.93. The first-order valence-corrected chi connectivity index (χ1v) is 6.94. The molecular weight excluding hydrogens is 222 g/mol. The van der Waals surface area contributed by atoms with E-state index >= 15 is 0 Å². The summed E-state index contributed by atoms with van der Waals surface area (Å²) in [6, 6.07) is -0.110. The fourth-order valence-corrected chi connectivity index (χ4v) is 2.19. The molecule has 92 valence electrons. The normalized spacial score (nSPS) is 13.3. The molecule has 0 aliphatic carbocycles. The van der Waals surface area contributed by atoms with Crippen molar-refractivity contribution in [2.45, 2.75) is 45.4 Å². The average Bonchev–Trinajstić information content (AvgIpc) is 2.66. The van der Waals surface area contributed by atoms with E-state index in [4.69, 9.17) is 10.3 Å². The minimum absolute atomic E-state index is 0.110. The average molecular weight is 243 g/mol. The van der Waals surface area contributed by atoms with Crippen molar-refractivity contribution in [3.05, 3.63) is 11.7 Å².